The molecule has 0 unspecified atom stereocenters. The van der Waals surface area contributed by atoms with E-state index in [1.807, 2.05) is 45.3 Å². The van der Waals surface area contributed by atoms with Gasteiger partial charge in [0.05, 0.1) is 19.8 Å². The average Bonchev–Trinajstić information content (AvgIpc) is 2.79. The van der Waals surface area contributed by atoms with Crippen molar-refractivity contribution in [1.82, 2.24) is 14.8 Å². The summed E-state index contributed by atoms with van der Waals surface area (Å²) in [5.74, 6) is 7.05. The zero-order chi connectivity index (χ0) is 23.3. The molecule has 32 heavy (non-hydrogen) atoms. The topological polar surface area (TPSA) is 75.1 Å². The van der Waals surface area contributed by atoms with Crippen LogP contribution in [-0.4, -0.2) is 78.8 Å². The molecule has 1 aliphatic rings. The standard InChI is InChI=1S/C25H31N3O4/c1-17-14-28(18(2)16-29)25(30)22-12-20(10-9-19-7-6-8-21(11-19)31-5)13-26-24(22)32-23(17)15-27(3)4/h6-8,11-13,17-18,23,29H,14-16H2,1-5H3/t17-,18+,23-/m1/s1. The Kier molecular flexibility index (Phi) is 7.73. The molecule has 0 saturated carbocycles. The molecule has 0 radical (unpaired) electrons. The van der Waals surface area contributed by atoms with Crippen LogP contribution >= 0.6 is 0 Å². The number of hydrogen-bond acceptors (Lipinski definition) is 6. The maximum atomic E-state index is 13.4. The largest absolute Gasteiger partial charge is 0.497 e. The number of methoxy groups -OCH3 is 1. The number of fused-ring (bicyclic) bond motifs is 1. The molecule has 0 spiro atoms. The van der Waals surface area contributed by atoms with Crippen LogP contribution in [0.15, 0.2) is 36.5 Å². The Balaban J connectivity index is 2.00. The second kappa shape index (κ2) is 10.5. The number of amides is 1. The molecular formula is C25H31N3O4. The maximum Gasteiger partial charge on any atom is 0.259 e. The first-order chi connectivity index (χ1) is 15.3. The smallest absolute Gasteiger partial charge is 0.259 e. The molecule has 3 rings (SSSR count). The molecule has 2 heterocycles. The van der Waals surface area contributed by atoms with Crippen LogP contribution in [0.4, 0.5) is 0 Å². The van der Waals surface area contributed by atoms with E-state index >= 15 is 0 Å². The van der Waals surface area contributed by atoms with E-state index in [1.54, 1.807) is 24.3 Å². The van der Waals surface area contributed by atoms with Crippen molar-refractivity contribution < 1.29 is 19.4 Å². The third-order valence-corrected chi connectivity index (χ3v) is 5.49. The highest BCUT2D eigenvalue weighted by molar-refractivity contribution is 5.97. The third-order valence-electron chi connectivity index (χ3n) is 5.49. The van der Waals surface area contributed by atoms with E-state index in [1.165, 1.54) is 0 Å². The fourth-order valence-electron chi connectivity index (χ4n) is 3.59. The summed E-state index contributed by atoms with van der Waals surface area (Å²) in [5, 5.41) is 9.74. The van der Waals surface area contributed by atoms with Crippen LogP contribution in [-0.2, 0) is 0 Å². The fourth-order valence-corrected chi connectivity index (χ4v) is 3.59. The van der Waals surface area contributed by atoms with Gasteiger partial charge in [-0.15, -0.1) is 0 Å². The summed E-state index contributed by atoms with van der Waals surface area (Å²) in [7, 11) is 5.58. The van der Waals surface area contributed by atoms with Crippen LogP contribution in [0.5, 0.6) is 11.6 Å². The van der Waals surface area contributed by atoms with Crippen molar-refractivity contribution in [1.29, 1.82) is 0 Å². The second-order valence-electron chi connectivity index (χ2n) is 8.44. The molecular weight excluding hydrogens is 406 g/mol. The normalized spacial score (nSPS) is 19.2. The van der Waals surface area contributed by atoms with Crippen molar-refractivity contribution in [3.8, 4) is 23.5 Å². The van der Waals surface area contributed by atoms with Crippen molar-refractivity contribution in [3.05, 3.63) is 53.2 Å². The molecule has 1 amide bonds. The zero-order valence-corrected chi connectivity index (χ0v) is 19.3. The van der Waals surface area contributed by atoms with Crippen molar-refractivity contribution in [3.63, 3.8) is 0 Å². The second-order valence-corrected chi connectivity index (χ2v) is 8.44. The summed E-state index contributed by atoms with van der Waals surface area (Å²) in [4.78, 5) is 21.6. The van der Waals surface area contributed by atoms with E-state index in [0.29, 0.717) is 30.1 Å². The van der Waals surface area contributed by atoms with Crippen LogP contribution in [0.3, 0.4) is 0 Å². The molecule has 0 fully saturated rings. The highest BCUT2D eigenvalue weighted by Gasteiger charge is 2.33. The van der Waals surface area contributed by atoms with Crippen molar-refractivity contribution in [2.75, 3.05) is 40.9 Å². The first kappa shape index (κ1) is 23.6. The van der Waals surface area contributed by atoms with E-state index in [2.05, 4.69) is 28.6 Å². The fraction of sp³-hybridized carbons (Fsp3) is 0.440. The number of carbonyl (C=O) groups is 1. The Morgan fingerprint density at radius 3 is 2.75 bits per heavy atom. The molecule has 1 N–H and O–H groups in total. The monoisotopic (exact) mass is 437 g/mol. The Bertz CT molecular complexity index is 1010. The summed E-state index contributed by atoms with van der Waals surface area (Å²) in [6, 6.07) is 8.87. The van der Waals surface area contributed by atoms with Crippen LogP contribution in [0.2, 0.25) is 0 Å². The number of ether oxygens (including phenoxy) is 2. The summed E-state index contributed by atoms with van der Waals surface area (Å²) in [6.45, 7) is 4.95. The van der Waals surface area contributed by atoms with Crippen molar-refractivity contribution in [2.45, 2.75) is 26.0 Å². The first-order valence-corrected chi connectivity index (χ1v) is 10.7. The number of hydrogen-bond donors (Lipinski definition) is 1. The molecule has 0 aliphatic carbocycles. The van der Waals surface area contributed by atoms with Crippen LogP contribution in [0.25, 0.3) is 0 Å². The number of likely N-dealkylation sites (N-methyl/N-ethyl adjacent to an activating group) is 1. The lowest BCUT2D eigenvalue weighted by molar-refractivity contribution is 0.0348. The predicted octanol–water partition coefficient (Wildman–Crippen LogP) is 2.27. The molecule has 0 saturated heterocycles. The van der Waals surface area contributed by atoms with Gasteiger partial charge in [0, 0.05) is 36.3 Å². The minimum absolute atomic E-state index is 0.0674. The van der Waals surface area contributed by atoms with Crippen molar-refractivity contribution >= 4 is 5.91 Å². The number of nitrogens with zero attached hydrogens (tertiary/aromatic N) is 3. The summed E-state index contributed by atoms with van der Waals surface area (Å²) < 4.78 is 11.5. The van der Waals surface area contributed by atoms with E-state index in [4.69, 9.17) is 9.47 Å². The highest BCUT2D eigenvalue weighted by atomic mass is 16.5. The molecule has 1 aliphatic heterocycles. The Hall–Kier alpha value is -3.08. The van der Waals surface area contributed by atoms with Gasteiger partial charge in [-0.05, 0) is 45.3 Å². The van der Waals surface area contributed by atoms with Gasteiger partial charge in [-0.25, -0.2) is 4.98 Å². The van der Waals surface area contributed by atoms with Gasteiger partial charge in [0.25, 0.3) is 5.91 Å². The van der Waals surface area contributed by atoms with E-state index in [0.717, 1.165) is 11.3 Å². The molecule has 7 nitrogen and oxygen atoms in total. The van der Waals surface area contributed by atoms with Crippen molar-refractivity contribution in [2.24, 2.45) is 5.92 Å². The van der Waals surface area contributed by atoms with Crippen LogP contribution < -0.4 is 9.47 Å². The molecule has 170 valence electrons. The number of aliphatic hydroxyl groups is 1. The number of rotatable bonds is 5. The van der Waals surface area contributed by atoms with Gasteiger partial charge in [-0.1, -0.05) is 24.8 Å². The molecule has 7 heteroatoms. The Morgan fingerprint density at radius 1 is 1.31 bits per heavy atom. The lowest BCUT2D eigenvalue weighted by atomic mass is 10.00. The van der Waals surface area contributed by atoms with Gasteiger partial charge in [-0.3, -0.25) is 4.79 Å². The summed E-state index contributed by atoms with van der Waals surface area (Å²) in [5.41, 5.74) is 1.77. The zero-order valence-electron chi connectivity index (χ0n) is 19.3. The van der Waals surface area contributed by atoms with Gasteiger partial charge in [-0.2, -0.15) is 0 Å². The van der Waals surface area contributed by atoms with Crippen LogP contribution in [0, 0.1) is 17.8 Å². The molecule has 2 aromatic rings. The summed E-state index contributed by atoms with van der Waals surface area (Å²) in [6.07, 6.45) is 1.48. The molecule has 0 bridgehead atoms. The Morgan fingerprint density at radius 2 is 2.06 bits per heavy atom. The third kappa shape index (κ3) is 5.58. The lowest BCUT2D eigenvalue weighted by Gasteiger charge is -2.37. The number of aromatic nitrogens is 1. The number of carbonyl (C=O) groups excluding carboxylic acids is 1. The van der Waals surface area contributed by atoms with Gasteiger partial charge in [0.1, 0.15) is 17.4 Å². The van der Waals surface area contributed by atoms with Gasteiger partial charge in [0.2, 0.25) is 5.88 Å². The van der Waals surface area contributed by atoms with E-state index in [-0.39, 0.29) is 30.6 Å². The summed E-state index contributed by atoms with van der Waals surface area (Å²) >= 11 is 0. The molecule has 3 atom stereocenters. The minimum Gasteiger partial charge on any atom is -0.497 e. The minimum atomic E-state index is -0.317. The molecule has 1 aromatic carbocycles. The van der Waals surface area contributed by atoms with Gasteiger partial charge >= 0.3 is 0 Å². The maximum absolute atomic E-state index is 13.4. The van der Waals surface area contributed by atoms with E-state index < -0.39 is 0 Å². The van der Waals surface area contributed by atoms with Crippen LogP contribution in [0.1, 0.15) is 35.3 Å². The highest BCUT2D eigenvalue weighted by Crippen LogP contribution is 2.27. The van der Waals surface area contributed by atoms with Gasteiger partial charge < -0.3 is 24.4 Å². The van der Waals surface area contributed by atoms with E-state index in [9.17, 15) is 9.90 Å². The average molecular weight is 438 g/mol. The number of pyridine rings is 1. The Labute approximate surface area is 190 Å². The first-order valence-electron chi connectivity index (χ1n) is 10.7. The quantitative estimate of drug-likeness (QED) is 0.724. The lowest BCUT2D eigenvalue weighted by Crippen LogP contribution is -2.49. The predicted molar refractivity (Wildman–Crippen MR) is 123 cm³/mol. The number of benzene rings is 1. The SMILES string of the molecule is COc1cccc(C#Cc2cnc3c(c2)C(=O)N([C@@H](C)CO)C[C@@H](C)[C@@H](CN(C)C)O3)c1. The number of aliphatic hydroxyl groups excluding tert-OH is 1. The molecule has 1 aromatic heterocycles. The van der Waals surface area contributed by atoms with Gasteiger partial charge in [0.15, 0.2) is 0 Å².